The summed E-state index contributed by atoms with van der Waals surface area (Å²) in [6, 6.07) is 13.4. The van der Waals surface area contributed by atoms with Crippen molar-refractivity contribution in [3.63, 3.8) is 0 Å². The molecular weight excluding hydrogens is 403 g/mol. The zero-order chi connectivity index (χ0) is 22.0. The zero-order valence-corrected chi connectivity index (χ0v) is 17.7. The van der Waals surface area contributed by atoms with E-state index < -0.39 is 11.7 Å². The summed E-state index contributed by atoms with van der Waals surface area (Å²) < 4.78 is 39.1. The molecular formula is C24H28F3N3O. The number of piperazine rings is 1. The summed E-state index contributed by atoms with van der Waals surface area (Å²) in [4.78, 5) is 19.5. The summed E-state index contributed by atoms with van der Waals surface area (Å²) >= 11 is 0. The highest BCUT2D eigenvalue weighted by Crippen LogP contribution is 2.30. The first-order chi connectivity index (χ1) is 14.8. The molecule has 0 N–H and O–H groups in total. The highest BCUT2D eigenvalue weighted by molar-refractivity contribution is 5.94. The maximum Gasteiger partial charge on any atom is 0.416 e. The number of amides is 1. The Labute approximate surface area is 181 Å². The summed E-state index contributed by atoms with van der Waals surface area (Å²) in [6.45, 7) is 7.00. The number of carbonyl (C=O) groups is 1. The number of rotatable bonds is 3. The first kappa shape index (κ1) is 21.7. The SMILES string of the molecule is Cc1ccccc1N1CCN([C@H]2CCCN(C(=O)c3cccc(C(F)(F)F)c3)C2)CC1. The van der Waals surface area contributed by atoms with Crippen molar-refractivity contribution < 1.29 is 18.0 Å². The fourth-order valence-electron chi connectivity index (χ4n) is 4.69. The fraction of sp³-hybridized carbons (Fsp3) is 0.458. The molecule has 4 nitrogen and oxygen atoms in total. The number of piperidine rings is 1. The van der Waals surface area contributed by atoms with Crippen molar-refractivity contribution in [3.8, 4) is 0 Å². The molecule has 0 spiro atoms. The Kier molecular flexibility index (Phi) is 6.23. The minimum Gasteiger partial charge on any atom is -0.369 e. The Balaban J connectivity index is 1.38. The molecule has 7 heteroatoms. The Morgan fingerprint density at radius 3 is 2.42 bits per heavy atom. The summed E-state index contributed by atoms with van der Waals surface area (Å²) in [5.74, 6) is -0.311. The van der Waals surface area contributed by atoms with Crippen LogP contribution in [0.3, 0.4) is 0 Å². The number of nitrogens with zero attached hydrogens (tertiary/aromatic N) is 3. The largest absolute Gasteiger partial charge is 0.416 e. The summed E-state index contributed by atoms with van der Waals surface area (Å²) in [5.41, 5.74) is 1.87. The van der Waals surface area contributed by atoms with Gasteiger partial charge >= 0.3 is 6.18 Å². The predicted molar refractivity (Wildman–Crippen MR) is 115 cm³/mol. The Bertz CT molecular complexity index is 922. The standard InChI is InChI=1S/C24H28F3N3O/c1-18-6-2-3-10-22(18)29-14-12-28(13-15-29)21-9-5-11-30(17-21)23(31)19-7-4-8-20(16-19)24(25,26)27/h2-4,6-8,10,16,21H,5,9,11-15,17H2,1H3/t21-/m0/s1. The van der Waals surface area contributed by atoms with Gasteiger partial charge < -0.3 is 9.80 Å². The second-order valence-electron chi connectivity index (χ2n) is 8.44. The van der Waals surface area contributed by atoms with E-state index in [2.05, 4.69) is 34.9 Å². The number of halogens is 3. The number of carbonyl (C=O) groups excluding carboxylic acids is 1. The van der Waals surface area contributed by atoms with Gasteiger partial charge in [-0.1, -0.05) is 24.3 Å². The number of aryl methyl sites for hydroxylation is 1. The van der Waals surface area contributed by atoms with Crippen molar-refractivity contribution >= 4 is 11.6 Å². The van der Waals surface area contributed by atoms with Crippen molar-refractivity contribution in [2.24, 2.45) is 0 Å². The van der Waals surface area contributed by atoms with Crippen LogP contribution in [0, 0.1) is 6.92 Å². The number of para-hydroxylation sites is 1. The van der Waals surface area contributed by atoms with Gasteiger partial charge in [0.1, 0.15) is 0 Å². The molecule has 31 heavy (non-hydrogen) atoms. The van der Waals surface area contributed by atoms with Gasteiger partial charge in [-0.2, -0.15) is 13.2 Å². The monoisotopic (exact) mass is 431 g/mol. The number of benzene rings is 2. The van der Waals surface area contributed by atoms with Gasteiger partial charge in [0.25, 0.3) is 5.91 Å². The lowest BCUT2D eigenvalue weighted by Gasteiger charge is -2.44. The number of hydrogen-bond donors (Lipinski definition) is 0. The molecule has 166 valence electrons. The molecule has 2 aliphatic heterocycles. The van der Waals surface area contributed by atoms with Crippen molar-refractivity contribution in [1.29, 1.82) is 0 Å². The topological polar surface area (TPSA) is 26.8 Å². The highest BCUT2D eigenvalue weighted by atomic mass is 19.4. The van der Waals surface area contributed by atoms with Crippen molar-refractivity contribution in [2.45, 2.75) is 32.0 Å². The molecule has 2 saturated heterocycles. The minimum absolute atomic E-state index is 0.111. The van der Waals surface area contributed by atoms with Crippen LogP contribution in [-0.4, -0.2) is 61.0 Å². The first-order valence-electron chi connectivity index (χ1n) is 10.8. The Hall–Kier alpha value is -2.54. The van der Waals surface area contributed by atoms with Crippen LogP contribution >= 0.6 is 0 Å². The van der Waals surface area contributed by atoms with E-state index in [1.165, 1.54) is 23.4 Å². The zero-order valence-electron chi connectivity index (χ0n) is 17.7. The van der Waals surface area contributed by atoms with Crippen LogP contribution < -0.4 is 4.90 Å². The van der Waals surface area contributed by atoms with Gasteiger partial charge in [-0.15, -0.1) is 0 Å². The molecule has 0 radical (unpaired) electrons. The van der Waals surface area contributed by atoms with Crippen LogP contribution in [0.25, 0.3) is 0 Å². The van der Waals surface area contributed by atoms with Gasteiger partial charge in [-0.05, 0) is 49.6 Å². The summed E-state index contributed by atoms with van der Waals surface area (Å²) in [5, 5.41) is 0. The van der Waals surface area contributed by atoms with Gasteiger partial charge in [0, 0.05) is 56.6 Å². The average Bonchev–Trinajstić information content (AvgIpc) is 2.79. The highest BCUT2D eigenvalue weighted by Gasteiger charge is 2.33. The van der Waals surface area contributed by atoms with Crippen LogP contribution in [0.15, 0.2) is 48.5 Å². The third-order valence-electron chi connectivity index (χ3n) is 6.41. The Morgan fingerprint density at radius 2 is 1.71 bits per heavy atom. The van der Waals surface area contributed by atoms with E-state index in [9.17, 15) is 18.0 Å². The normalized spacial score (nSPS) is 20.7. The molecule has 2 aromatic rings. The van der Waals surface area contributed by atoms with E-state index in [0.29, 0.717) is 13.1 Å². The molecule has 2 heterocycles. The van der Waals surface area contributed by atoms with Crippen molar-refractivity contribution in [1.82, 2.24) is 9.80 Å². The maximum absolute atomic E-state index is 13.0. The lowest BCUT2D eigenvalue weighted by Crippen LogP contribution is -2.56. The molecule has 0 aliphatic carbocycles. The average molecular weight is 432 g/mol. The summed E-state index contributed by atoms with van der Waals surface area (Å²) in [7, 11) is 0. The molecule has 0 bridgehead atoms. The predicted octanol–water partition coefficient (Wildman–Crippen LogP) is 4.44. The van der Waals surface area contributed by atoms with Crippen LogP contribution in [0.1, 0.15) is 34.3 Å². The van der Waals surface area contributed by atoms with Gasteiger partial charge in [-0.3, -0.25) is 9.69 Å². The lowest BCUT2D eigenvalue weighted by molar-refractivity contribution is -0.137. The molecule has 2 aliphatic rings. The number of likely N-dealkylation sites (tertiary alicyclic amines) is 1. The molecule has 1 atom stereocenters. The molecule has 2 aromatic carbocycles. The lowest BCUT2D eigenvalue weighted by atomic mass is 10.0. The quantitative estimate of drug-likeness (QED) is 0.719. The van der Waals surface area contributed by atoms with Crippen LogP contribution in [0.2, 0.25) is 0 Å². The molecule has 0 unspecified atom stereocenters. The smallest absolute Gasteiger partial charge is 0.369 e. The second kappa shape index (κ2) is 8.91. The maximum atomic E-state index is 13.0. The van der Waals surface area contributed by atoms with Crippen LogP contribution in [0.5, 0.6) is 0 Å². The minimum atomic E-state index is -4.45. The fourth-order valence-corrected chi connectivity index (χ4v) is 4.69. The van der Waals surface area contributed by atoms with E-state index in [0.717, 1.165) is 51.2 Å². The van der Waals surface area contributed by atoms with E-state index >= 15 is 0 Å². The van der Waals surface area contributed by atoms with Gasteiger partial charge in [-0.25, -0.2) is 0 Å². The molecule has 2 fully saturated rings. The summed E-state index contributed by atoms with van der Waals surface area (Å²) in [6.07, 6.45) is -2.57. The van der Waals surface area contributed by atoms with Gasteiger partial charge in [0.2, 0.25) is 0 Å². The van der Waals surface area contributed by atoms with Crippen LogP contribution in [0.4, 0.5) is 18.9 Å². The number of hydrogen-bond acceptors (Lipinski definition) is 3. The van der Waals surface area contributed by atoms with E-state index in [4.69, 9.17) is 0 Å². The van der Waals surface area contributed by atoms with Crippen LogP contribution in [-0.2, 0) is 6.18 Å². The first-order valence-corrected chi connectivity index (χ1v) is 10.8. The second-order valence-corrected chi connectivity index (χ2v) is 8.44. The van der Waals surface area contributed by atoms with E-state index in [-0.39, 0.29) is 17.5 Å². The Morgan fingerprint density at radius 1 is 0.968 bits per heavy atom. The molecule has 0 aromatic heterocycles. The van der Waals surface area contributed by atoms with Crippen molar-refractivity contribution in [3.05, 3.63) is 65.2 Å². The number of anilines is 1. The van der Waals surface area contributed by atoms with E-state index in [1.54, 1.807) is 4.90 Å². The number of alkyl halides is 3. The third-order valence-corrected chi connectivity index (χ3v) is 6.41. The molecule has 0 saturated carbocycles. The van der Waals surface area contributed by atoms with E-state index in [1.807, 2.05) is 6.07 Å². The van der Waals surface area contributed by atoms with Gasteiger partial charge in [0.15, 0.2) is 0 Å². The third kappa shape index (κ3) is 4.87. The van der Waals surface area contributed by atoms with Gasteiger partial charge in [0.05, 0.1) is 5.56 Å². The molecule has 4 rings (SSSR count). The molecule has 1 amide bonds. The van der Waals surface area contributed by atoms with Crippen molar-refractivity contribution in [2.75, 3.05) is 44.2 Å².